The van der Waals surface area contributed by atoms with Gasteiger partial charge in [-0.3, -0.25) is 18.9 Å². The van der Waals surface area contributed by atoms with Crippen LogP contribution >= 0.6 is 0 Å². The zero-order valence-electron chi connectivity index (χ0n) is 40.8. The second kappa shape index (κ2) is 40.4. The number of quaternary nitrogens is 1. The van der Waals surface area contributed by atoms with Gasteiger partial charge in [-0.1, -0.05) is 226 Å². The van der Waals surface area contributed by atoms with Gasteiger partial charge in [0.25, 0.3) is 0 Å². The molecule has 2 atom stereocenters. The number of nitrogens with zero attached hydrogens (tertiary/aromatic N) is 1. The molecule has 0 aromatic heterocycles. The van der Waals surface area contributed by atoms with E-state index < -0.39 is 11.6 Å². The van der Waals surface area contributed by atoms with E-state index in [4.69, 9.17) is 14.2 Å². The smallest absolute Gasteiger partial charge is 0.310 e. The summed E-state index contributed by atoms with van der Waals surface area (Å²) in [4.78, 5) is 39.3. The summed E-state index contributed by atoms with van der Waals surface area (Å²) >= 11 is 0. The van der Waals surface area contributed by atoms with Gasteiger partial charge in [0, 0.05) is 19.3 Å². The minimum absolute atomic E-state index is 0.0289. The monoisotopic (exact) mass is 837 g/mol. The largest absolute Gasteiger partial charge is 0.465 e. The van der Waals surface area contributed by atoms with Gasteiger partial charge in [0.1, 0.15) is 18.6 Å². The first-order valence-electron chi connectivity index (χ1n) is 25.8. The quantitative estimate of drug-likeness (QED) is 0.0200. The van der Waals surface area contributed by atoms with Crippen LogP contribution in [0.1, 0.15) is 272 Å². The molecule has 0 saturated carbocycles. The van der Waals surface area contributed by atoms with Crippen molar-refractivity contribution in [1.82, 2.24) is 0 Å². The molecule has 0 amide bonds. The van der Waals surface area contributed by atoms with E-state index in [9.17, 15) is 14.4 Å². The third kappa shape index (κ3) is 36.7. The highest BCUT2D eigenvalue weighted by Gasteiger charge is 2.48. The van der Waals surface area contributed by atoms with Gasteiger partial charge in [-0.2, -0.15) is 0 Å². The Kier molecular flexibility index (Phi) is 39.3. The van der Waals surface area contributed by atoms with Crippen molar-refractivity contribution in [3.05, 3.63) is 0 Å². The third-order valence-corrected chi connectivity index (χ3v) is 12.1. The molecule has 0 aliphatic heterocycles. The predicted octanol–water partition coefficient (Wildman–Crippen LogP) is 15.5. The topological polar surface area (TPSA) is 78.9 Å². The Labute approximate surface area is 367 Å². The molecule has 0 fully saturated rings. The number of carbonyl (C=O) groups excluding carboxylic acids is 3. The van der Waals surface area contributed by atoms with Crippen LogP contribution in [0.5, 0.6) is 0 Å². The lowest BCUT2D eigenvalue weighted by Gasteiger charge is -2.43. The Bertz CT molecular complexity index is 963. The van der Waals surface area contributed by atoms with E-state index in [0.717, 1.165) is 57.8 Å². The van der Waals surface area contributed by atoms with Crippen molar-refractivity contribution in [3.63, 3.8) is 0 Å². The Hall–Kier alpha value is -1.63. The number of hydrogen-bond acceptors (Lipinski definition) is 6. The second-order valence-electron chi connectivity index (χ2n) is 19.5. The molecule has 59 heavy (non-hydrogen) atoms. The first kappa shape index (κ1) is 57.4. The molecule has 7 nitrogen and oxygen atoms in total. The van der Waals surface area contributed by atoms with E-state index in [-0.39, 0.29) is 31.1 Å². The molecule has 0 aromatic rings. The van der Waals surface area contributed by atoms with Crippen molar-refractivity contribution >= 4 is 17.9 Å². The number of hydrogen-bond donors (Lipinski definition) is 0. The summed E-state index contributed by atoms with van der Waals surface area (Å²) in [6, 6.07) is 0. The molecule has 0 aliphatic rings. The molecule has 0 radical (unpaired) electrons. The molecule has 0 spiro atoms. The summed E-state index contributed by atoms with van der Waals surface area (Å²) in [6.45, 7) is 8.76. The van der Waals surface area contributed by atoms with E-state index in [0.29, 0.717) is 23.7 Å². The van der Waals surface area contributed by atoms with Crippen LogP contribution in [0.15, 0.2) is 0 Å². The van der Waals surface area contributed by atoms with Crippen LogP contribution in [-0.4, -0.2) is 63.0 Å². The molecule has 0 bridgehead atoms. The molecular formula is C52H102NO6+. The summed E-state index contributed by atoms with van der Waals surface area (Å²) in [5.74, 6) is -0.720. The minimum atomic E-state index is -0.898. The van der Waals surface area contributed by atoms with Gasteiger partial charge in [0.05, 0.1) is 21.1 Å². The van der Waals surface area contributed by atoms with Crippen molar-refractivity contribution in [3.8, 4) is 0 Å². The summed E-state index contributed by atoms with van der Waals surface area (Å²) < 4.78 is 18.3. The number of carbonyl (C=O) groups is 3. The normalized spacial score (nSPS) is 13.3. The fourth-order valence-electron chi connectivity index (χ4n) is 8.39. The first-order chi connectivity index (χ1) is 28.5. The van der Waals surface area contributed by atoms with Gasteiger partial charge in [0.15, 0.2) is 0 Å². The molecule has 350 valence electrons. The average molecular weight is 837 g/mol. The van der Waals surface area contributed by atoms with Gasteiger partial charge in [-0.25, -0.2) is 0 Å². The van der Waals surface area contributed by atoms with E-state index in [2.05, 4.69) is 20.8 Å². The van der Waals surface area contributed by atoms with E-state index >= 15 is 0 Å². The van der Waals surface area contributed by atoms with Crippen LogP contribution < -0.4 is 0 Å². The van der Waals surface area contributed by atoms with Gasteiger partial charge in [-0.15, -0.1) is 0 Å². The summed E-state index contributed by atoms with van der Waals surface area (Å²) in [5, 5.41) is 0. The number of rotatable bonds is 45. The van der Waals surface area contributed by atoms with Crippen LogP contribution in [0.4, 0.5) is 0 Å². The summed E-state index contributed by atoms with van der Waals surface area (Å²) in [7, 11) is 5.95. The van der Waals surface area contributed by atoms with Crippen molar-refractivity contribution in [2.75, 3.05) is 34.4 Å². The Balaban J connectivity index is 4.85. The maximum Gasteiger partial charge on any atom is 0.310 e. The highest BCUT2D eigenvalue weighted by atomic mass is 16.6. The maximum absolute atomic E-state index is 13.3. The van der Waals surface area contributed by atoms with E-state index in [1.807, 2.05) is 28.1 Å². The van der Waals surface area contributed by atoms with Crippen molar-refractivity contribution in [1.29, 1.82) is 0 Å². The van der Waals surface area contributed by atoms with Gasteiger partial charge >= 0.3 is 17.9 Å². The predicted molar refractivity (Wildman–Crippen MR) is 250 cm³/mol. The molecule has 0 aliphatic carbocycles. The lowest BCUT2D eigenvalue weighted by molar-refractivity contribution is -0.925. The molecule has 0 rings (SSSR count). The molecule has 0 heterocycles. The van der Waals surface area contributed by atoms with Crippen LogP contribution in [0.3, 0.4) is 0 Å². The fraction of sp³-hybridized carbons (Fsp3) is 0.942. The van der Waals surface area contributed by atoms with Crippen LogP contribution in [-0.2, 0) is 28.6 Å². The summed E-state index contributed by atoms with van der Waals surface area (Å²) in [6.07, 6.45) is 43.9. The molecule has 0 aromatic carbocycles. The lowest BCUT2D eigenvalue weighted by atomic mass is 9.88. The zero-order valence-corrected chi connectivity index (χ0v) is 40.8. The van der Waals surface area contributed by atoms with Crippen LogP contribution in [0.25, 0.3) is 0 Å². The second-order valence-corrected chi connectivity index (χ2v) is 19.5. The summed E-state index contributed by atoms with van der Waals surface area (Å²) in [5.41, 5.74) is -0.898. The highest BCUT2D eigenvalue weighted by molar-refractivity contribution is 5.70. The van der Waals surface area contributed by atoms with E-state index in [1.54, 1.807) is 0 Å². The van der Waals surface area contributed by atoms with Gasteiger partial charge in [0.2, 0.25) is 6.23 Å². The fourth-order valence-corrected chi connectivity index (χ4v) is 8.39. The maximum atomic E-state index is 13.3. The Morgan fingerprint density at radius 3 is 0.831 bits per heavy atom. The number of ether oxygens (including phenoxy) is 3. The molecule has 2 unspecified atom stereocenters. The Morgan fingerprint density at radius 1 is 0.373 bits per heavy atom. The highest BCUT2D eigenvalue weighted by Crippen LogP contribution is 2.31. The van der Waals surface area contributed by atoms with Crippen molar-refractivity contribution < 1.29 is 33.1 Å². The molecular weight excluding hydrogens is 735 g/mol. The van der Waals surface area contributed by atoms with Crippen LogP contribution in [0, 0.1) is 5.41 Å². The van der Waals surface area contributed by atoms with E-state index in [1.165, 1.54) is 167 Å². The molecule has 0 saturated heterocycles. The average Bonchev–Trinajstić information content (AvgIpc) is 3.20. The molecule has 0 N–H and O–H groups in total. The van der Waals surface area contributed by atoms with Gasteiger partial charge in [-0.05, 0) is 26.2 Å². The SMILES string of the molecule is CCCCCCCCCCCCCCCCCCCC(=O)OCC(C)(COC(=O)CCCCCCCCCCC)C(OC(=O)CCCCCCCCCCC)[N+](C)(C)C. The Morgan fingerprint density at radius 2 is 0.593 bits per heavy atom. The number of esters is 3. The standard InChI is InChI=1S/C52H102NO6/c1-8-11-14-17-20-23-24-25-26-27-28-29-30-33-35-38-41-44-49(55)58-47-52(4,46-57-48(54)43-40-37-34-31-21-18-15-12-9-2)51(53(5,6)7)59-50(56)45-42-39-36-32-22-19-16-13-10-3/h51H,8-47H2,1-7H3/q+1. The molecule has 7 heteroatoms. The van der Waals surface area contributed by atoms with Crippen molar-refractivity contribution in [2.45, 2.75) is 278 Å². The lowest BCUT2D eigenvalue weighted by Crippen LogP contribution is -2.59. The third-order valence-electron chi connectivity index (χ3n) is 12.1. The van der Waals surface area contributed by atoms with Crippen molar-refractivity contribution in [2.24, 2.45) is 5.41 Å². The minimum Gasteiger partial charge on any atom is -0.465 e. The first-order valence-corrected chi connectivity index (χ1v) is 25.8. The van der Waals surface area contributed by atoms with Gasteiger partial charge < -0.3 is 14.2 Å². The number of unbranched alkanes of at least 4 members (excludes halogenated alkanes) is 32. The zero-order chi connectivity index (χ0) is 43.7. The van der Waals surface area contributed by atoms with Crippen LogP contribution in [0.2, 0.25) is 0 Å².